The van der Waals surface area contributed by atoms with Gasteiger partial charge < -0.3 is 10.2 Å². The van der Waals surface area contributed by atoms with Crippen molar-refractivity contribution in [3.63, 3.8) is 0 Å². The molecule has 0 aliphatic heterocycles. The molecular formula is C23H27ClN8O. The van der Waals surface area contributed by atoms with E-state index in [1.54, 1.807) is 24.0 Å². The number of amides is 1. The molecule has 0 spiro atoms. The van der Waals surface area contributed by atoms with E-state index in [1.165, 1.54) is 6.92 Å². The van der Waals surface area contributed by atoms with Crippen LogP contribution in [0.4, 0.5) is 5.82 Å². The number of aliphatic imine (C=N–C) groups is 1. The van der Waals surface area contributed by atoms with Crippen molar-refractivity contribution in [2.24, 2.45) is 10.1 Å². The maximum atomic E-state index is 11.5. The summed E-state index contributed by atoms with van der Waals surface area (Å²) in [5.74, 6) is 0.724. The number of nitrogens with one attached hydrogen (secondary N) is 2. The summed E-state index contributed by atoms with van der Waals surface area (Å²) >= 11 is 6.62. The van der Waals surface area contributed by atoms with Crippen molar-refractivity contribution >= 4 is 35.9 Å². The number of carbonyl (C=O) groups is 1. The third kappa shape index (κ3) is 5.63. The molecule has 0 aliphatic carbocycles. The lowest BCUT2D eigenvalue weighted by molar-refractivity contribution is -0.114. The van der Waals surface area contributed by atoms with Crippen molar-refractivity contribution in [1.82, 2.24) is 25.1 Å². The van der Waals surface area contributed by atoms with Crippen LogP contribution in [-0.4, -0.2) is 59.3 Å². The van der Waals surface area contributed by atoms with Gasteiger partial charge in [0.05, 0.1) is 16.3 Å². The Kier molecular flexibility index (Phi) is 7.57. The van der Waals surface area contributed by atoms with Crippen LogP contribution in [0.2, 0.25) is 5.02 Å². The molecule has 2 N–H and O–H groups in total. The van der Waals surface area contributed by atoms with Gasteiger partial charge in [0.15, 0.2) is 5.84 Å². The van der Waals surface area contributed by atoms with E-state index in [9.17, 15) is 4.79 Å². The average molecular weight is 467 g/mol. The molecule has 0 saturated carbocycles. The monoisotopic (exact) mass is 466 g/mol. The third-order valence-electron chi connectivity index (χ3n) is 4.79. The average Bonchev–Trinajstić information content (AvgIpc) is 3.18. The molecule has 1 amide bonds. The number of rotatable bonds is 7. The summed E-state index contributed by atoms with van der Waals surface area (Å²) in [5, 5.41) is 11.9. The second-order valence-electron chi connectivity index (χ2n) is 7.77. The molecule has 33 heavy (non-hydrogen) atoms. The van der Waals surface area contributed by atoms with Gasteiger partial charge in [0.25, 0.3) is 0 Å². The predicted octanol–water partition coefficient (Wildman–Crippen LogP) is 3.50. The fourth-order valence-electron chi connectivity index (χ4n) is 3.40. The molecule has 0 aliphatic rings. The Bertz CT molecular complexity index is 1220. The summed E-state index contributed by atoms with van der Waals surface area (Å²) in [6, 6.07) is 7.65. The molecule has 10 heteroatoms. The van der Waals surface area contributed by atoms with E-state index in [0.717, 1.165) is 28.9 Å². The number of nitrogens with zero attached hydrogens (tertiary/aromatic N) is 6. The first-order valence-electron chi connectivity index (χ1n) is 10.2. The highest BCUT2D eigenvalue weighted by molar-refractivity contribution is 6.33. The van der Waals surface area contributed by atoms with Crippen molar-refractivity contribution in [1.29, 1.82) is 0 Å². The second kappa shape index (κ2) is 10.4. The van der Waals surface area contributed by atoms with Crippen LogP contribution in [0, 0.1) is 6.92 Å². The van der Waals surface area contributed by atoms with Crippen LogP contribution in [-0.2, 0) is 11.3 Å². The number of hydrogen-bond acceptors (Lipinski definition) is 6. The van der Waals surface area contributed by atoms with E-state index < -0.39 is 0 Å². The summed E-state index contributed by atoms with van der Waals surface area (Å²) in [6.45, 7) is 7.62. The van der Waals surface area contributed by atoms with Gasteiger partial charge in [-0.05, 0) is 44.3 Å². The van der Waals surface area contributed by atoms with E-state index >= 15 is 0 Å². The molecular weight excluding hydrogens is 440 g/mol. The molecule has 0 fully saturated rings. The minimum atomic E-state index is -0.203. The summed E-state index contributed by atoms with van der Waals surface area (Å²) in [6.07, 6.45) is 3.52. The summed E-state index contributed by atoms with van der Waals surface area (Å²) in [7, 11) is 5.68. The van der Waals surface area contributed by atoms with Crippen molar-refractivity contribution in [2.45, 2.75) is 20.4 Å². The molecule has 0 saturated heterocycles. The first kappa shape index (κ1) is 24.1. The summed E-state index contributed by atoms with van der Waals surface area (Å²) in [5.41, 5.74) is 7.66. The number of aromatic nitrogens is 3. The van der Waals surface area contributed by atoms with Gasteiger partial charge in [-0.3, -0.25) is 15.2 Å². The van der Waals surface area contributed by atoms with Gasteiger partial charge in [-0.2, -0.15) is 10.2 Å². The van der Waals surface area contributed by atoms with Gasteiger partial charge in [-0.15, -0.1) is 0 Å². The predicted molar refractivity (Wildman–Crippen MR) is 133 cm³/mol. The Hall–Kier alpha value is -3.56. The van der Waals surface area contributed by atoms with E-state index in [-0.39, 0.29) is 5.91 Å². The number of benzene rings is 1. The number of pyridine rings is 1. The number of aryl methyl sites for hydroxylation is 1. The van der Waals surface area contributed by atoms with Crippen LogP contribution in [0.25, 0.3) is 16.9 Å². The van der Waals surface area contributed by atoms with Crippen LogP contribution in [0.15, 0.2) is 46.8 Å². The highest BCUT2D eigenvalue weighted by Gasteiger charge is 2.20. The second-order valence-corrected chi connectivity index (χ2v) is 8.17. The molecule has 3 rings (SSSR count). The number of carbonyl (C=O) groups excluding carboxylic acids is 1. The number of hydrazone groups is 1. The van der Waals surface area contributed by atoms with E-state index in [0.29, 0.717) is 27.9 Å². The van der Waals surface area contributed by atoms with Gasteiger partial charge >= 0.3 is 0 Å². The molecule has 0 bridgehead atoms. The van der Waals surface area contributed by atoms with E-state index in [2.05, 4.69) is 37.4 Å². The molecule has 1 aromatic carbocycles. The Balaban J connectivity index is 2.22. The topological polar surface area (TPSA) is 99.8 Å². The van der Waals surface area contributed by atoms with Crippen LogP contribution in [0.5, 0.6) is 0 Å². The number of halogens is 1. The maximum Gasteiger partial charge on any atom is 0.222 e. The summed E-state index contributed by atoms with van der Waals surface area (Å²) in [4.78, 5) is 22.2. The quantitative estimate of drug-likeness (QED) is 0.315. The fraction of sp³-hybridized carbons (Fsp3) is 0.261. The minimum Gasteiger partial charge on any atom is -0.311 e. The zero-order valence-electron chi connectivity index (χ0n) is 19.3. The van der Waals surface area contributed by atoms with Crippen molar-refractivity contribution < 1.29 is 4.79 Å². The number of hydrogen-bond donors (Lipinski definition) is 2. The van der Waals surface area contributed by atoms with Gasteiger partial charge in [0, 0.05) is 51.3 Å². The molecule has 172 valence electrons. The zero-order valence-corrected chi connectivity index (χ0v) is 20.1. The Morgan fingerprint density at radius 2 is 2.06 bits per heavy atom. The summed E-state index contributed by atoms with van der Waals surface area (Å²) < 4.78 is 1.72. The minimum absolute atomic E-state index is 0.203. The smallest absolute Gasteiger partial charge is 0.222 e. The standard InChI is InChI=1S/C23H27ClN8O/c1-14-11-27-21(28-15(2)33)10-20(14)32-13-18(23(25-3)29-26-4)22(30-32)17-9-16(12-31(5)6)7-8-19(17)24/h7-11,13H,4,12H2,1-3,5-6H3,(H,25,29)(H,27,28,33). The molecule has 9 nitrogen and oxygen atoms in total. The van der Waals surface area contributed by atoms with Crippen LogP contribution in [0.3, 0.4) is 0 Å². The van der Waals surface area contributed by atoms with E-state index in [4.69, 9.17) is 16.7 Å². The molecule has 3 aromatic rings. The lowest BCUT2D eigenvalue weighted by Crippen LogP contribution is -2.18. The van der Waals surface area contributed by atoms with Crippen molar-refractivity contribution in [2.75, 3.05) is 26.5 Å². The SMILES string of the molecule is C=NNC(=NC)c1cn(-c2cc(NC(C)=O)ncc2C)nc1-c1cc(CN(C)C)ccc1Cl. The van der Waals surface area contributed by atoms with Crippen LogP contribution in [0.1, 0.15) is 23.6 Å². The Morgan fingerprint density at radius 1 is 1.30 bits per heavy atom. The third-order valence-corrected chi connectivity index (χ3v) is 5.12. The molecule has 2 heterocycles. The first-order valence-corrected chi connectivity index (χ1v) is 10.6. The van der Waals surface area contributed by atoms with Gasteiger partial charge in [0.2, 0.25) is 5.91 Å². The van der Waals surface area contributed by atoms with Crippen LogP contribution >= 0.6 is 11.6 Å². The molecule has 0 unspecified atom stereocenters. The van der Waals surface area contributed by atoms with Gasteiger partial charge in [-0.1, -0.05) is 17.7 Å². The lowest BCUT2D eigenvalue weighted by atomic mass is 10.0. The molecule has 0 radical (unpaired) electrons. The molecule has 2 aromatic heterocycles. The lowest BCUT2D eigenvalue weighted by Gasteiger charge is -2.12. The van der Waals surface area contributed by atoms with E-state index in [1.807, 2.05) is 45.4 Å². The molecule has 0 atom stereocenters. The highest BCUT2D eigenvalue weighted by atomic mass is 35.5. The van der Waals surface area contributed by atoms with Crippen LogP contribution < -0.4 is 10.7 Å². The fourth-order valence-corrected chi connectivity index (χ4v) is 3.61. The first-order chi connectivity index (χ1) is 15.7. The maximum absolute atomic E-state index is 11.5. The highest BCUT2D eigenvalue weighted by Crippen LogP contribution is 2.32. The van der Waals surface area contributed by atoms with Crippen molar-refractivity contribution in [3.8, 4) is 16.9 Å². The number of amidine groups is 1. The van der Waals surface area contributed by atoms with Gasteiger partial charge in [0.1, 0.15) is 11.5 Å². The van der Waals surface area contributed by atoms with Gasteiger partial charge in [-0.25, -0.2) is 9.67 Å². The Morgan fingerprint density at radius 3 is 2.70 bits per heavy atom. The van der Waals surface area contributed by atoms with Crippen molar-refractivity contribution in [3.05, 3.63) is 58.4 Å². The normalized spacial score (nSPS) is 11.5. The number of anilines is 1. The zero-order chi connectivity index (χ0) is 24.1. The largest absolute Gasteiger partial charge is 0.311 e. The Labute approximate surface area is 198 Å².